The summed E-state index contributed by atoms with van der Waals surface area (Å²) in [6, 6.07) is 17.9. The van der Waals surface area contributed by atoms with Crippen LogP contribution >= 0.6 is 11.8 Å². The molecule has 0 saturated heterocycles. The second-order valence-corrected chi connectivity index (χ2v) is 8.40. The Morgan fingerprint density at radius 2 is 1.66 bits per heavy atom. The van der Waals surface area contributed by atoms with E-state index in [9.17, 15) is 4.79 Å². The summed E-state index contributed by atoms with van der Waals surface area (Å²) in [6.07, 6.45) is 0. The van der Waals surface area contributed by atoms with Crippen molar-refractivity contribution in [3.8, 4) is 17.1 Å². The molecule has 0 atom stereocenters. The number of nitrogens with two attached hydrogens (primary N) is 1. The van der Waals surface area contributed by atoms with Crippen molar-refractivity contribution in [1.29, 1.82) is 0 Å². The molecule has 0 spiro atoms. The Morgan fingerprint density at radius 1 is 0.969 bits per heavy atom. The summed E-state index contributed by atoms with van der Waals surface area (Å²) in [5.74, 6) is 1.56. The van der Waals surface area contributed by atoms with Gasteiger partial charge in [-0.25, -0.2) is 4.98 Å². The molecule has 0 aliphatic carbocycles. The predicted octanol–water partition coefficient (Wildman–Crippen LogP) is 3.16. The number of nitrogen functional groups attached to an aromatic ring is 1. The number of H-pyrrole nitrogens is 1. The Labute approximate surface area is 187 Å². The smallest absolute Gasteiger partial charge is 0.274 e. The van der Waals surface area contributed by atoms with E-state index in [2.05, 4.69) is 63.4 Å². The van der Waals surface area contributed by atoms with Gasteiger partial charge in [0.25, 0.3) is 11.3 Å². The first-order valence-corrected chi connectivity index (χ1v) is 10.9. The third kappa shape index (κ3) is 3.76. The monoisotopic (exact) mass is 444 g/mol. The second kappa shape index (κ2) is 7.97. The Bertz CT molecular complexity index is 1470. The molecule has 10 heteroatoms. The van der Waals surface area contributed by atoms with Crippen LogP contribution in [-0.2, 0) is 5.75 Å². The van der Waals surface area contributed by atoms with Gasteiger partial charge in [-0.2, -0.15) is 9.50 Å². The standard InChI is InChI=1S/C22H20N8OS/c1-13-3-7-15(8-4-13)19-26-27-22(29(19)17-9-5-14(2)6-10-17)32-12-16-11-18(31)30-21(24-16)25-20(23)28-30/h3-11H,12H2,1-2H3,(H3,23,24,25,28). The lowest BCUT2D eigenvalue weighted by molar-refractivity contribution is 0.878. The molecule has 0 saturated carbocycles. The molecular formula is C22H20N8OS. The summed E-state index contributed by atoms with van der Waals surface area (Å²) in [5.41, 5.74) is 10.2. The number of nitrogens with one attached hydrogen (secondary N) is 1. The molecule has 3 N–H and O–H groups in total. The van der Waals surface area contributed by atoms with Crippen molar-refractivity contribution >= 4 is 23.5 Å². The minimum atomic E-state index is -0.268. The van der Waals surface area contributed by atoms with E-state index in [1.54, 1.807) is 0 Å². The number of thioether (sulfide) groups is 1. The highest BCUT2D eigenvalue weighted by Crippen LogP contribution is 2.29. The normalized spacial score (nSPS) is 11.3. The van der Waals surface area contributed by atoms with Gasteiger partial charge in [0.15, 0.2) is 11.0 Å². The average Bonchev–Trinajstić information content (AvgIpc) is 3.37. The van der Waals surface area contributed by atoms with Crippen molar-refractivity contribution in [2.24, 2.45) is 0 Å². The lowest BCUT2D eigenvalue weighted by Gasteiger charge is -2.11. The molecule has 0 bridgehead atoms. The number of benzene rings is 2. The highest BCUT2D eigenvalue weighted by atomic mass is 32.2. The predicted molar refractivity (Wildman–Crippen MR) is 124 cm³/mol. The molecule has 3 heterocycles. The molecule has 0 unspecified atom stereocenters. The topological polar surface area (TPSA) is 120 Å². The molecular weight excluding hydrogens is 424 g/mol. The van der Waals surface area contributed by atoms with E-state index in [0.29, 0.717) is 16.6 Å². The van der Waals surface area contributed by atoms with E-state index in [-0.39, 0.29) is 17.3 Å². The first-order chi connectivity index (χ1) is 15.5. The van der Waals surface area contributed by atoms with E-state index in [4.69, 9.17) is 5.73 Å². The Morgan fingerprint density at radius 3 is 2.38 bits per heavy atom. The maximum atomic E-state index is 12.3. The molecule has 5 rings (SSSR count). The molecule has 0 fully saturated rings. The van der Waals surface area contributed by atoms with E-state index in [1.807, 2.05) is 28.8 Å². The van der Waals surface area contributed by atoms with Gasteiger partial charge in [-0.15, -0.1) is 10.2 Å². The van der Waals surface area contributed by atoms with Crippen molar-refractivity contribution in [3.05, 3.63) is 81.8 Å². The summed E-state index contributed by atoms with van der Waals surface area (Å²) in [6.45, 7) is 4.10. The van der Waals surface area contributed by atoms with Crippen LogP contribution in [0.5, 0.6) is 0 Å². The quantitative estimate of drug-likeness (QED) is 0.400. The molecule has 3 aromatic heterocycles. The van der Waals surface area contributed by atoms with Gasteiger partial charge in [0.05, 0.1) is 5.69 Å². The van der Waals surface area contributed by atoms with Gasteiger partial charge >= 0.3 is 0 Å². The lowest BCUT2D eigenvalue weighted by atomic mass is 10.1. The second-order valence-electron chi connectivity index (χ2n) is 7.46. The van der Waals surface area contributed by atoms with Crippen molar-refractivity contribution in [2.75, 3.05) is 5.73 Å². The fourth-order valence-electron chi connectivity index (χ4n) is 3.34. The number of aromatic nitrogens is 7. The van der Waals surface area contributed by atoms with Gasteiger partial charge in [0.2, 0.25) is 5.95 Å². The van der Waals surface area contributed by atoms with Crippen LogP contribution in [0.15, 0.2) is 64.5 Å². The zero-order chi connectivity index (χ0) is 22.2. The lowest BCUT2D eigenvalue weighted by Crippen LogP contribution is -2.15. The van der Waals surface area contributed by atoms with Crippen LogP contribution in [0.2, 0.25) is 0 Å². The molecule has 32 heavy (non-hydrogen) atoms. The molecule has 5 aromatic rings. The fourth-order valence-corrected chi connectivity index (χ4v) is 4.18. The van der Waals surface area contributed by atoms with Crippen LogP contribution in [0.1, 0.15) is 16.8 Å². The number of nitrogens with zero attached hydrogens (tertiary/aromatic N) is 6. The summed E-state index contributed by atoms with van der Waals surface area (Å²) < 4.78 is 3.24. The number of hydrogen-bond acceptors (Lipinski definition) is 7. The summed E-state index contributed by atoms with van der Waals surface area (Å²) in [5, 5.41) is 12.3. The summed E-state index contributed by atoms with van der Waals surface area (Å²) >= 11 is 1.45. The number of aryl methyl sites for hydroxylation is 2. The molecule has 0 radical (unpaired) electrons. The van der Waals surface area contributed by atoms with Crippen molar-refractivity contribution in [3.63, 3.8) is 0 Å². The van der Waals surface area contributed by atoms with Gasteiger partial charge in [-0.1, -0.05) is 59.3 Å². The maximum Gasteiger partial charge on any atom is 0.274 e. The Balaban J connectivity index is 1.53. The van der Waals surface area contributed by atoms with Gasteiger partial charge in [-0.05, 0) is 26.0 Å². The van der Waals surface area contributed by atoms with E-state index in [1.165, 1.54) is 33.5 Å². The number of anilines is 1. The molecule has 160 valence electrons. The third-order valence-corrected chi connectivity index (χ3v) is 5.95. The minimum Gasteiger partial charge on any atom is -0.368 e. The van der Waals surface area contributed by atoms with Crippen LogP contribution in [0, 0.1) is 13.8 Å². The van der Waals surface area contributed by atoms with Gasteiger partial charge < -0.3 is 5.73 Å². The minimum absolute atomic E-state index is 0.140. The molecule has 2 aromatic carbocycles. The van der Waals surface area contributed by atoms with Crippen LogP contribution in [0.3, 0.4) is 0 Å². The Hall–Kier alpha value is -3.92. The molecule has 0 amide bonds. The molecule has 0 aliphatic heterocycles. The average molecular weight is 445 g/mol. The van der Waals surface area contributed by atoms with Gasteiger partial charge in [-0.3, -0.25) is 14.5 Å². The fraction of sp³-hybridized carbons (Fsp3) is 0.136. The number of fused-ring (bicyclic) bond motifs is 1. The van der Waals surface area contributed by atoms with Gasteiger partial charge in [0, 0.05) is 23.1 Å². The maximum absolute atomic E-state index is 12.3. The summed E-state index contributed by atoms with van der Waals surface area (Å²) in [7, 11) is 0. The zero-order valence-corrected chi connectivity index (χ0v) is 18.3. The van der Waals surface area contributed by atoms with E-state index < -0.39 is 0 Å². The van der Waals surface area contributed by atoms with Crippen LogP contribution in [0.25, 0.3) is 22.9 Å². The largest absolute Gasteiger partial charge is 0.368 e. The van der Waals surface area contributed by atoms with Crippen LogP contribution in [-0.4, -0.2) is 34.3 Å². The van der Waals surface area contributed by atoms with Crippen molar-refractivity contribution in [1.82, 2.24) is 34.3 Å². The van der Waals surface area contributed by atoms with E-state index in [0.717, 1.165) is 17.1 Å². The summed E-state index contributed by atoms with van der Waals surface area (Å²) in [4.78, 5) is 20.8. The highest BCUT2D eigenvalue weighted by Gasteiger charge is 2.17. The third-order valence-electron chi connectivity index (χ3n) is 4.99. The SMILES string of the molecule is Cc1ccc(-c2nnc(SCc3cc(=O)n4[nH]c(N)nc4n3)n2-c2ccc(C)cc2)cc1. The zero-order valence-electron chi connectivity index (χ0n) is 17.5. The first kappa shape index (κ1) is 20.0. The highest BCUT2D eigenvalue weighted by molar-refractivity contribution is 7.98. The Kier molecular flexibility index (Phi) is 4.98. The molecule has 0 aliphatic rings. The molecule has 9 nitrogen and oxygen atoms in total. The van der Waals surface area contributed by atoms with Crippen molar-refractivity contribution in [2.45, 2.75) is 24.8 Å². The number of aromatic amines is 1. The number of hydrogen-bond donors (Lipinski definition) is 2. The van der Waals surface area contributed by atoms with Crippen molar-refractivity contribution < 1.29 is 0 Å². The van der Waals surface area contributed by atoms with Gasteiger partial charge in [0.1, 0.15) is 0 Å². The number of rotatable bonds is 5. The van der Waals surface area contributed by atoms with Crippen LogP contribution < -0.4 is 11.3 Å². The van der Waals surface area contributed by atoms with E-state index >= 15 is 0 Å². The first-order valence-electron chi connectivity index (χ1n) is 9.94. The van der Waals surface area contributed by atoms with Crippen LogP contribution in [0.4, 0.5) is 5.95 Å².